The van der Waals surface area contributed by atoms with Crippen molar-refractivity contribution in [3.8, 4) is 5.75 Å². The lowest BCUT2D eigenvalue weighted by atomic mass is 10.00. The number of carbonyl (C=O) groups excluding carboxylic acids is 1. The van der Waals surface area contributed by atoms with E-state index in [1.807, 2.05) is 12.1 Å². The number of alkyl halides is 3. The smallest absolute Gasteiger partial charge is 0.409 e. The summed E-state index contributed by atoms with van der Waals surface area (Å²) in [7, 11) is 0. The predicted molar refractivity (Wildman–Crippen MR) is 83.4 cm³/mol. The number of benzene rings is 2. The van der Waals surface area contributed by atoms with Gasteiger partial charge in [-0.15, -0.1) is 0 Å². The fourth-order valence-electron chi connectivity index (χ4n) is 2.96. The van der Waals surface area contributed by atoms with E-state index in [4.69, 9.17) is 4.74 Å². The average Bonchev–Trinajstić information content (AvgIpc) is 2.92. The SMILES string of the molecule is CCOc1cc(C(N2CCC(=O)N2)C(F)(F)F)cc2ccccc12. The molecule has 0 saturated carbocycles. The molecular formula is C17H17F3N2O2. The second-order valence-corrected chi connectivity index (χ2v) is 5.60. The molecule has 1 heterocycles. The molecule has 0 bridgehead atoms. The maximum Gasteiger partial charge on any atom is 0.409 e. The Morgan fingerprint density at radius 3 is 2.67 bits per heavy atom. The van der Waals surface area contributed by atoms with Crippen LogP contribution in [0.5, 0.6) is 5.75 Å². The van der Waals surface area contributed by atoms with Gasteiger partial charge in [0.2, 0.25) is 5.91 Å². The third-order valence-corrected chi connectivity index (χ3v) is 3.93. The summed E-state index contributed by atoms with van der Waals surface area (Å²) in [6.45, 7) is 2.15. The highest BCUT2D eigenvalue weighted by Gasteiger charge is 2.47. The molecule has 0 aliphatic carbocycles. The Morgan fingerprint density at radius 2 is 2.04 bits per heavy atom. The van der Waals surface area contributed by atoms with Crippen LogP contribution >= 0.6 is 0 Å². The third-order valence-electron chi connectivity index (χ3n) is 3.93. The van der Waals surface area contributed by atoms with Gasteiger partial charge in [-0.2, -0.15) is 13.2 Å². The van der Waals surface area contributed by atoms with E-state index in [2.05, 4.69) is 5.43 Å². The number of hydrogen-bond acceptors (Lipinski definition) is 3. The Bertz CT molecular complexity index is 761. The zero-order valence-electron chi connectivity index (χ0n) is 13.1. The summed E-state index contributed by atoms with van der Waals surface area (Å²) in [5.41, 5.74) is 2.34. The van der Waals surface area contributed by atoms with Gasteiger partial charge in [0.25, 0.3) is 0 Å². The molecule has 1 amide bonds. The Hall–Kier alpha value is -2.28. The zero-order valence-corrected chi connectivity index (χ0v) is 13.1. The van der Waals surface area contributed by atoms with Crippen molar-refractivity contribution in [2.24, 2.45) is 0 Å². The maximum absolute atomic E-state index is 13.7. The van der Waals surface area contributed by atoms with Crippen molar-refractivity contribution >= 4 is 16.7 Å². The summed E-state index contributed by atoms with van der Waals surface area (Å²) in [6.07, 6.45) is -4.47. The van der Waals surface area contributed by atoms with Crippen molar-refractivity contribution in [3.05, 3.63) is 42.0 Å². The molecule has 2 aromatic rings. The predicted octanol–water partition coefficient (Wildman–Crippen LogP) is 3.58. The van der Waals surface area contributed by atoms with Crippen molar-refractivity contribution in [1.29, 1.82) is 0 Å². The summed E-state index contributed by atoms with van der Waals surface area (Å²) >= 11 is 0. The van der Waals surface area contributed by atoms with Gasteiger partial charge in [0.05, 0.1) is 6.61 Å². The van der Waals surface area contributed by atoms with E-state index in [9.17, 15) is 18.0 Å². The lowest BCUT2D eigenvalue weighted by molar-refractivity contribution is -0.191. The molecule has 128 valence electrons. The zero-order chi connectivity index (χ0) is 17.3. The number of ether oxygens (including phenoxy) is 1. The highest BCUT2D eigenvalue weighted by molar-refractivity contribution is 5.89. The van der Waals surface area contributed by atoms with Crippen molar-refractivity contribution in [3.63, 3.8) is 0 Å². The van der Waals surface area contributed by atoms with Crippen LogP contribution in [0.2, 0.25) is 0 Å². The standard InChI is InChI=1S/C17H17F3N2O2/c1-2-24-14-10-12(9-11-5-3-4-6-13(11)14)16(17(18,19)20)22-8-7-15(23)21-22/h3-6,9-10,16H,2,7-8H2,1H3,(H,21,23). The number of nitrogens with one attached hydrogen (secondary N) is 1. The van der Waals surface area contributed by atoms with Crippen LogP contribution in [0.4, 0.5) is 13.2 Å². The van der Waals surface area contributed by atoms with Crippen molar-refractivity contribution in [2.45, 2.75) is 25.6 Å². The first kappa shape index (κ1) is 16.6. The van der Waals surface area contributed by atoms with Gasteiger partial charge in [-0.25, -0.2) is 5.01 Å². The molecular weight excluding hydrogens is 321 g/mol. The number of hydrogen-bond donors (Lipinski definition) is 1. The van der Waals surface area contributed by atoms with Crippen molar-refractivity contribution in [1.82, 2.24) is 10.4 Å². The number of rotatable bonds is 4. The van der Waals surface area contributed by atoms with Gasteiger partial charge < -0.3 is 4.74 Å². The van der Waals surface area contributed by atoms with Gasteiger partial charge in [-0.05, 0) is 30.0 Å². The Morgan fingerprint density at radius 1 is 1.29 bits per heavy atom. The maximum atomic E-state index is 13.7. The number of nitrogens with zero attached hydrogens (tertiary/aromatic N) is 1. The first-order valence-corrected chi connectivity index (χ1v) is 7.68. The van der Waals surface area contributed by atoms with Crippen LogP contribution in [-0.4, -0.2) is 30.2 Å². The van der Waals surface area contributed by atoms with E-state index >= 15 is 0 Å². The molecule has 0 aromatic heterocycles. The molecule has 1 N–H and O–H groups in total. The quantitative estimate of drug-likeness (QED) is 0.926. The largest absolute Gasteiger partial charge is 0.493 e. The minimum absolute atomic E-state index is 0.0137. The van der Waals surface area contributed by atoms with E-state index in [0.717, 1.165) is 10.4 Å². The van der Waals surface area contributed by atoms with Crippen LogP contribution in [-0.2, 0) is 4.79 Å². The molecule has 4 nitrogen and oxygen atoms in total. The molecule has 1 fully saturated rings. The summed E-state index contributed by atoms with van der Waals surface area (Å²) in [5.74, 6) is 0.000411. The molecule has 1 atom stereocenters. The average molecular weight is 338 g/mol. The van der Waals surface area contributed by atoms with E-state index in [-0.39, 0.29) is 18.5 Å². The van der Waals surface area contributed by atoms with Gasteiger partial charge in [0, 0.05) is 18.4 Å². The Kier molecular flexibility index (Phi) is 4.36. The van der Waals surface area contributed by atoms with E-state index < -0.39 is 18.1 Å². The first-order chi connectivity index (χ1) is 11.4. The number of carbonyl (C=O) groups is 1. The highest BCUT2D eigenvalue weighted by atomic mass is 19.4. The molecule has 7 heteroatoms. The number of halogens is 3. The molecule has 3 rings (SSSR count). The topological polar surface area (TPSA) is 41.6 Å². The summed E-state index contributed by atoms with van der Waals surface area (Å²) in [5, 5.41) is 2.37. The molecule has 24 heavy (non-hydrogen) atoms. The van der Waals surface area contributed by atoms with Crippen LogP contribution in [0.1, 0.15) is 24.9 Å². The Labute approximate surface area is 137 Å². The summed E-state index contributed by atoms with van der Waals surface area (Å²) in [4.78, 5) is 11.4. The molecule has 2 aromatic carbocycles. The van der Waals surface area contributed by atoms with Crippen LogP contribution in [0.15, 0.2) is 36.4 Å². The lowest BCUT2D eigenvalue weighted by Crippen LogP contribution is -2.43. The van der Waals surface area contributed by atoms with Gasteiger partial charge in [-0.3, -0.25) is 10.2 Å². The van der Waals surface area contributed by atoms with Crippen LogP contribution in [0.3, 0.4) is 0 Å². The second-order valence-electron chi connectivity index (χ2n) is 5.60. The van der Waals surface area contributed by atoms with Crippen molar-refractivity contribution in [2.75, 3.05) is 13.2 Å². The Balaban J connectivity index is 2.12. The molecule has 1 unspecified atom stereocenters. The molecule has 0 radical (unpaired) electrons. The summed E-state index contributed by atoms with van der Waals surface area (Å²) in [6, 6.07) is 8.14. The molecule has 1 aliphatic heterocycles. The second kappa shape index (κ2) is 6.32. The number of hydrazine groups is 1. The van der Waals surface area contributed by atoms with Crippen LogP contribution < -0.4 is 10.2 Å². The van der Waals surface area contributed by atoms with E-state index in [0.29, 0.717) is 17.7 Å². The van der Waals surface area contributed by atoms with Gasteiger partial charge in [-0.1, -0.05) is 24.3 Å². The highest BCUT2D eigenvalue weighted by Crippen LogP contribution is 2.41. The lowest BCUT2D eigenvalue weighted by Gasteiger charge is -2.29. The first-order valence-electron chi connectivity index (χ1n) is 7.68. The van der Waals surface area contributed by atoms with Crippen LogP contribution in [0, 0.1) is 0 Å². The van der Waals surface area contributed by atoms with E-state index in [1.54, 1.807) is 19.1 Å². The van der Waals surface area contributed by atoms with E-state index in [1.165, 1.54) is 12.1 Å². The minimum atomic E-state index is -4.52. The number of amides is 1. The number of fused-ring (bicyclic) bond motifs is 1. The van der Waals surface area contributed by atoms with Gasteiger partial charge in [0.15, 0.2) is 0 Å². The molecule has 1 aliphatic rings. The fourth-order valence-corrected chi connectivity index (χ4v) is 2.96. The minimum Gasteiger partial charge on any atom is -0.493 e. The molecule has 0 spiro atoms. The van der Waals surface area contributed by atoms with Gasteiger partial charge >= 0.3 is 6.18 Å². The fraction of sp³-hybridized carbons (Fsp3) is 0.353. The molecule has 1 saturated heterocycles. The van der Waals surface area contributed by atoms with Crippen molar-refractivity contribution < 1.29 is 22.7 Å². The van der Waals surface area contributed by atoms with Gasteiger partial charge in [0.1, 0.15) is 11.8 Å². The third kappa shape index (κ3) is 3.17. The normalized spacial score (nSPS) is 17.1. The van der Waals surface area contributed by atoms with Crippen LogP contribution in [0.25, 0.3) is 10.8 Å². The monoisotopic (exact) mass is 338 g/mol. The summed E-state index contributed by atoms with van der Waals surface area (Å²) < 4.78 is 46.5.